The molecular formula is C26H45N3S. The molecule has 0 bridgehead atoms. The number of hydrogen-bond acceptors (Lipinski definition) is 4. The fourth-order valence-corrected chi connectivity index (χ4v) is 1.63. The Kier molecular flexibility index (Phi) is 31.5. The van der Waals surface area contributed by atoms with Crippen molar-refractivity contribution in [3.63, 3.8) is 0 Å². The van der Waals surface area contributed by atoms with E-state index in [2.05, 4.69) is 40.6 Å². The van der Waals surface area contributed by atoms with E-state index in [0.29, 0.717) is 0 Å². The number of rotatable bonds is 0. The molecule has 3 heterocycles. The molecule has 4 heteroatoms. The van der Waals surface area contributed by atoms with E-state index >= 15 is 0 Å². The van der Waals surface area contributed by atoms with E-state index in [1.807, 2.05) is 105 Å². The summed E-state index contributed by atoms with van der Waals surface area (Å²) in [4.78, 5) is 13.0. The number of thiol groups is 1. The number of hydrogen-bond donors (Lipinski definition) is 1. The summed E-state index contributed by atoms with van der Waals surface area (Å²) in [6.07, 6.45) is 5.35. The zero-order valence-corrected chi connectivity index (χ0v) is 21.0. The zero-order chi connectivity index (χ0) is 23.1. The van der Waals surface area contributed by atoms with Gasteiger partial charge in [-0.2, -0.15) is 0 Å². The highest BCUT2D eigenvalue weighted by molar-refractivity contribution is 7.80. The molecule has 170 valence electrons. The minimum Gasteiger partial charge on any atom is -0.262 e. The van der Waals surface area contributed by atoms with Crippen LogP contribution in [0.15, 0.2) is 66.0 Å². The fourth-order valence-electron chi connectivity index (χ4n) is 1.49. The summed E-state index contributed by atoms with van der Waals surface area (Å²) in [5.41, 5.74) is 4.43. The number of aryl methyl sites for hydroxylation is 4. The van der Waals surface area contributed by atoms with E-state index in [1.165, 1.54) is 5.56 Å². The number of pyridine rings is 3. The molecule has 0 atom stereocenters. The lowest BCUT2D eigenvalue weighted by molar-refractivity contribution is 1.12. The second-order valence-electron chi connectivity index (χ2n) is 4.98. The average Bonchev–Trinajstić information content (AvgIpc) is 2.78. The Morgan fingerprint density at radius 1 is 0.567 bits per heavy atom. The van der Waals surface area contributed by atoms with E-state index in [4.69, 9.17) is 0 Å². The number of nitrogens with zero attached hydrogens (tertiary/aromatic N) is 3. The van der Waals surface area contributed by atoms with Crippen LogP contribution < -0.4 is 0 Å². The molecule has 0 spiro atoms. The van der Waals surface area contributed by atoms with Gasteiger partial charge in [-0.25, -0.2) is 0 Å². The molecule has 0 aliphatic carbocycles. The van der Waals surface area contributed by atoms with Gasteiger partial charge in [0.2, 0.25) is 0 Å². The highest BCUT2D eigenvalue weighted by Gasteiger charge is 1.87. The van der Waals surface area contributed by atoms with Gasteiger partial charge in [-0.1, -0.05) is 61.1 Å². The molecule has 0 fully saturated rings. The van der Waals surface area contributed by atoms with Gasteiger partial charge in [0.15, 0.2) is 0 Å². The largest absolute Gasteiger partial charge is 0.262 e. The summed E-state index contributed by atoms with van der Waals surface area (Å²) in [5.74, 6) is 0. The number of aromatic nitrogens is 3. The van der Waals surface area contributed by atoms with E-state index < -0.39 is 0 Å². The third-order valence-corrected chi connectivity index (χ3v) is 3.54. The molecule has 3 aromatic heterocycles. The Balaban J connectivity index is -0.000000148. The first kappa shape index (κ1) is 35.3. The molecule has 0 aliphatic rings. The Morgan fingerprint density at radius 3 is 1.27 bits per heavy atom. The second kappa shape index (κ2) is 26.8. The summed E-state index contributed by atoms with van der Waals surface area (Å²) in [6.45, 7) is 20.0. The molecule has 0 unspecified atom stereocenters. The first-order chi connectivity index (χ1) is 14.0. The zero-order valence-electron chi connectivity index (χ0n) is 20.1. The summed E-state index contributed by atoms with van der Waals surface area (Å²) >= 11 is 4.14. The van der Waals surface area contributed by atoms with Crippen LogP contribution in [0.3, 0.4) is 0 Å². The molecule has 30 heavy (non-hydrogen) atoms. The van der Waals surface area contributed by atoms with Gasteiger partial charge in [0, 0.05) is 34.9 Å². The Bertz CT molecular complexity index is 616. The van der Waals surface area contributed by atoms with Crippen LogP contribution in [0.1, 0.15) is 71.6 Å². The van der Waals surface area contributed by atoms with Crippen LogP contribution in [0.2, 0.25) is 0 Å². The van der Waals surface area contributed by atoms with Crippen LogP contribution in [0.4, 0.5) is 0 Å². The minimum absolute atomic E-state index is 0. The molecule has 0 radical (unpaired) electrons. The van der Waals surface area contributed by atoms with Gasteiger partial charge in [-0.15, -0.1) is 12.6 Å². The lowest BCUT2D eigenvalue weighted by atomic mass is 10.2. The predicted molar refractivity (Wildman–Crippen MR) is 140 cm³/mol. The monoisotopic (exact) mass is 431 g/mol. The Morgan fingerprint density at radius 2 is 1.03 bits per heavy atom. The molecule has 3 aromatic rings. The van der Waals surface area contributed by atoms with Crippen LogP contribution in [-0.2, 0) is 0 Å². The van der Waals surface area contributed by atoms with Crippen molar-refractivity contribution in [3.8, 4) is 0 Å². The van der Waals surface area contributed by atoms with Gasteiger partial charge in [0.05, 0.1) is 5.69 Å². The van der Waals surface area contributed by atoms with Crippen molar-refractivity contribution in [2.24, 2.45) is 0 Å². The Labute approximate surface area is 192 Å². The lowest BCUT2D eigenvalue weighted by Crippen LogP contribution is -1.81. The topological polar surface area (TPSA) is 38.7 Å². The summed E-state index contributed by atoms with van der Waals surface area (Å²) < 4.78 is 0. The minimum atomic E-state index is 0. The molecule has 0 aliphatic heterocycles. The standard InChI is InChI=1S/C7H9N.C6H7NS.C6H7N.3C2H6.CH4/c1-6-4-3-5-8-7(6)2;1-5-6(8)3-2-4-7-5;1-6-4-2-3-5-7-6;3*1-2;/h3-5H,1-2H3;2-4,8H,1H3;2-5H,1H3;3*1-2H3;1H4. The lowest BCUT2D eigenvalue weighted by Gasteiger charge is -1.92. The maximum atomic E-state index is 4.14. The summed E-state index contributed by atoms with van der Waals surface area (Å²) in [5, 5.41) is 0. The molecule has 3 rings (SSSR count). The predicted octanol–water partition coefficient (Wildman–Crippen LogP) is 8.48. The van der Waals surface area contributed by atoms with E-state index in [0.717, 1.165) is 22.0 Å². The third kappa shape index (κ3) is 20.5. The third-order valence-electron chi connectivity index (χ3n) is 3.06. The fraction of sp³-hybridized carbons (Fsp3) is 0.423. The molecule has 3 nitrogen and oxygen atoms in total. The van der Waals surface area contributed by atoms with Crippen LogP contribution in [0, 0.1) is 27.7 Å². The highest BCUT2D eigenvalue weighted by atomic mass is 32.1. The maximum Gasteiger partial charge on any atom is 0.0505 e. The van der Waals surface area contributed by atoms with E-state index in [9.17, 15) is 0 Å². The molecular weight excluding hydrogens is 386 g/mol. The molecule has 0 aromatic carbocycles. The summed E-state index contributed by atoms with van der Waals surface area (Å²) in [7, 11) is 0. The van der Waals surface area contributed by atoms with Crippen LogP contribution >= 0.6 is 12.6 Å². The van der Waals surface area contributed by atoms with Gasteiger partial charge >= 0.3 is 0 Å². The highest BCUT2D eigenvalue weighted by Crippen LogP contribution is 2.06. The van der Waals surface area contributed by atoms with Gasteiger partial charge in [0.1, 0.15) is 0 Å². The van der Waals surface area contributed by atoms with Crippen LogP contribution in [-0.4, -0.2) is 15.0 Å². The van der Waals surface area contributed by atoms with Gasteiger partial charge in [-0.05, 0) is 63.6 Å². The summed E-state index contributed by atoms with van der Waals surface area (Å²) in [6, 6.07) is 13.7. The average molecular weight is 432 g/mol. The van der Waals surface area contributed by atoms with Crippen molar-refractivity contribution >= 4 is 12.6 Å². The SMILES string of the molecule is C.CC.CC.CC.Cc1ccccn1.Cc1cccnc1C.Cc1ncccc1S. The van der Waals surface area contributed by atoms with Gasteiger partial charge < -0.3 is 0 Å². The molecule has 0 saturated carbocycles. The quantitative estimate of drug-likeness (QED) is 0.363. The molecule has 0 N–H and O–H groups in total. The van der Waals surface area contributed by atoms with E-state index in [1.54, 1.807) is 12.4 Å². The molecule has 0 saturated heterocycles. The van der Waals surface area contributed by atoms with Crippen LogP contribution in [0.5, 0.6) is 0 Å². The van der Waals surface area contributed by atoms with Crippen molar-refractivity contribution in [2.45, 2.75) is 81.6 Å². The van der Waals surface area contributed by atoms with Crippen molar-refractivity contribution in [2.75, 3.05) is 0 Å². The van der Waals surface area contributed by atoms with Crippen molar-refractivity contribution in [1.29, 1.82) is 0 Å². The normalized spacial score (nSPS) is 7.57. The molecule has 0 amide bonds. The smallest absolute Gasteiger partial charge is 0.0505 e. The van der Waals surface area contributed by atoms with Gasteiger partial charge in [0.25, 0.3) is 0 Å². The second-order valence-corrected chi connectivity index (χ2v) is 5.47. The first-order valence-corrected chi connectivity index (χ1v) is 10.8. The van der Waals surface area contributed by atoms with Gasteiger partial charge in [-0.3, -0.25) is 15.0 Å². The Hall–Kier alpha value is -2.20. The van der Waals surface area contributed by atoms with E-state index in [-0.39, 0.29) is 7.43 Å². The maximum absolute atomic E-state index is 4.14. The van der Waals surface area contributed by atoms with Crippen molar-refractivity contribution < 1.29 is 0 Å². The van der Waals surface area contributed by atoms with Crippen molar-refractivity contribution in [1.82, 2.24) is 15.0 Å². The van der Waals surface area contributed by atoms with Crippen LogP contribution in [0.25, 0.3) is 0 Å². The van der Waals surface area contributed by atoms with Crippen molar-refractivity contribution in [3.05, 3.63) is 83.7 Å². The first-order valence-electron chi connectivity index (χ1n) is 10.4.